The molecule has 1 saturated carbocycles. The lowest BCUT2D eigenvalue weighted by Gasteiger charge is -2.14. The molecule has 0 atom stereocenters. The molecule has 110 valence electrons. The lowest BCUT2D eigenvalue weighted by molar-refractivity contribution is 0.0696. The number of carboxylic acid groups (broad SMARTS) is 1. The van der Waals surface area contributed by atoms with Crippen LogP contribution in [0.3, 0.4) is 0 Å². The van der Waals surface area contributed by atoms with E-state index >= 15 is 0 Å². The summed E-state index contributed by atoms with van der Waals surface area (Å²) >= 11 is 5.74. The molecule has 0 spiro atoms. The summed E-state index contributed by atoms with van der Waals surface area (Å²) in [7, 11) is -4.18. The highest BCUT2D eigenvalue weighted by Gasteiger charge is 2.29. The van der Waals surface area contributed by atoms with Gasteiger partial charge in [-0.3, -0.25) is 0 Å². The molecule has 1 aromatic carbocycles. The Balaban J connectivity index is 2.44. The minimum Gasteiger partial charge on any atom is -0.478 e. The molecule has 2 N–H and O–H groups in total. The van der Waals surface area contributed by atoms with Crippen LogP contribution in [0.15, 0.2) is 17.0 Å². The molecular formula is C12H13ClFNO4S. The van der Waals surface area contributed by atoms with Crippen LogP contribution in [-0.4, -0.2) is 25.5 Å². The van der Waals surface area contributed by atoms with Crippen molar-refractivity contribution in [2.45, 2.75) is 36.6 Å². The summed E-state index contributed by atoms with van der Waals surface area (Å²) in [5, 5.41) is 8.30. The number of carbonyl (C=O) groups is 1. The zero-order valence-electron chi connectivity index (χ0n) is 10.4. The number of halogens is 2. The molecule has 0 heterocycles. The number of hydrogen-bond acceptors (Lipinski definition) is 3. The molecule has 5 nitrogen and oxygen atoms in total. The van der Waals surface area contributed by atoms with Gasteiger partial charge in [0, 0.05) is 6.04 Å². The maximum atomic E-state index is 13.8. The molecule has 0 bridgehead atoms. The Bertz CT molecular complexity index is 641. The van der Waals surface area contributed by atoms with Crippen LogP contribution in [0.25, 0.3) is 0 Å². The van der Waals surface area contributed by atoms with E-state index in [2.05, 4.69) is 4.72 Å². The number of sulfonamides is 1. The maximum Gasteiger partial charge on any atom is 0.337 e. The number of carboxylic acids is 1. The van der Waals surface area contributed by atoms with Gasteiger partial charge in [-0.1, -0.05) is 24.4 Å². The average Bonchev–Trinajstić information content (AvgIpc) is 2.79. The van der Waals surface area contributed by atoms with Gasteiger partial charge in [0.25, 0.3) is 0 Å². The first-order chi connectivity index (χ1) is 9.33. The van der Waals surface area contributed by atoms with Crippen LogP contribution in [0, 0.1) is 5.82 Å². The third kappa shape index (κ3) is 2.94. The van der Waals surface area contributed by atoms with Crippen molar-refractivity contribution in [1.82, 2.24) is 4.72 Å². The molecule has 20 heavy (non-hydrogen) atoms. The molecule has 1 fully saturated rings. The smallest absolute Gasteiger partial charge is 0.337 e. The monoisotopic (exact) mass is 321 g/mol. The first-order valence-electron chi connectivity index (χ1n) is 6.06. The Hall–Kier alpha value is -1.18. The second kappa shape index (κ2) is 5.67. The van der Waals surface area contributed by atoms with Crippen molar-refractivity contribution in [3.63, 3.8) is 0 Å². The van der Waals surface area contributed by atoms with E-state index in [1.165, 1.54) is 0 Å². The van der Waals surface area contributed by atoms with Gasteiger partial charge in [0.2, 0.25) is 10.0 Å². The van der Waals surface area contributed by atoms with Crippen molar-refractivity contribution >= 4 is 27.6 Å². The van der Waals surface area contributed by atoms with E-state index in [0.29, 0.717) is 12.8 Å². The van der Waals surface area contributed by atoms with Crippen LogP contribution >= 0.6 is 11.6 Å². The average molecular weight is 322 g/mol. The van der Waals surface area contributed by atoms with E-state index in [1.807, 2.05) is 0 Å². The maximum absolute atomic E-state index is 13.8. The van der Waals surface area contributed by atoms with Crippen molar-refractivity contribution in [2.75, 3.05) is 0 Å². The molecule has 0 unspecified atom stereocenters. The predicted octanol–water partition coefficient (Wildman–Crippen LogP) is 2.40. The predicted molar refractivity (Wildman–Crippen MR) is 70.9 cm³/mol. The zero-order chi connectivity index (χ0) is 14.9. The lowest BCUT2D eigenvalue weighted by atomic mass is 10.2. The Morgan fingerprint density at radius 2 is 1.95 bits per heavy atom. The fourth-order valence-electron chi connectivity index (χ4n) is 2.27. The number of rotatable bonds is 4. The summed E-state index contributed by atoms with van der Waals surface area (Å²) in [5.74, 6) is -2.47. The van der Waals surface area contributed by atoms with Crippen molar-refractivity contribution in [2.24, 2.45) is 0 Å². The molecule has 8 heteroatoms. The third-order valence-electron chi connectivity index (χ3n) is 3.23. The largest absolute Gasteiger partial charge is 0.478 e. The summed E-state index contributed by atoms with van der Waals surface area (Å²) in [6.45, 7) is 0. The van der Waals surface area contributed by atoms with Crippen molar-refractivity contribution in [3.05, 3.63) is 28.5 Å². The summed E-state index contributed by atoms with van der Waals surface area (Å²) in [6.07, 6.45) is 3.16. The molecule has 0 saturated heterocycles. The van der Waals surface area contributed by atoms with E-state index in [1.54, 1.807) is 0 Å². The lowest BCUT2D eigenvalue weighted by Crippen LogP contribution is -2.33. The van der Waals surface area contributed by atoms with Crippen LogP contribution in [0.2, 0.25) is 5.02 Å². The summed E-state index contributed by atoms with van der Waals surface area (Å²) in [4.78, 5) is 10.1. The van der Waals surface area contributed by atoms with Gasteiger partial charge in [0.15, 0.2) is 0 Å². The van der Waals surface area contributed by atoms with E-state index in [0.717, 1.165) is 25.0 Å². The number of benzene rings is 1. The summed E-state index contributed by atoms with van der Waals surface area (Å²) in [5.41, 5.74) is -0.445. The third-order valence-corrected chi connectivity index (χ3v) is 5.31. The van der Waals surface area contributed by atoms with Crippen molar-refractivity contribution in [1.29, 1.82) is 0 Å². The number of nitrogens with one attached hydrogen (secondary N) is 1. The molecule has 0 amide bonds. The first-order valence-corrected chi connectivity index (χ1v) is 7.92. The van der Waals surface area contributed by atoms with E-state index < -0.39 is 37.3 Å². The minimum absolute atomic E-state index is 0.260. The Morgan fingerprint density at radius 3 is 2.50 bits per heavy atom. The summed E-state index contributed by atoms with van der Waals surface area (Å²) < 4.78 is 40.5. The normalized spacial score (nSPS) is 16.5. The van der Waals surface area contributed by atoms with Gasteiger partial charge in [-0.05, 0) is 25.0 Å². The Labute approximate surface area is 120 Å². The highest BCUT2D eigenvalue weighted by Crippen LogP contribution is 2.29. The first kappa shape index (κ1) is 15.2. The standard InChI is InChI=1S/C12H13ClFNO4S/c13-10-8(12(16)17)5-6-9(14)11(10)20(18,19)15-7-3-1-2-4-7/h5-7,15H,1-4H2,(H,16,17). The molecule has 0 radical (unpaired) electrons. The molecule has 0 aliphatic heterocycles. The van der Waals surface area contributed by atoms with Crippen molar-refractivity contribution in [3.8, 4) is 0 Å². The minimum atomic E-state index is -4.18. The topological polar surface area (TPSA) is 83.5 Å². The number of hydrogen-bond donors (Lipinski definition) is 2. The number of aromatic carboxylic acids is 1. The van der Waals surface area contributed by atoms with Crippen LogP contribution in [-0.2, 0) is 10.0 Å². The van der Waals surface area contributed by atoms with Gasteiger partial charge in [-0.15, -0.1) is 0 Å². The Morgan fingerprint density at radius 1 is 1.35 bits per heavy atom. The van der Waals surface area contributed by atoms with Crippen LogP contribution in [0.1, 0.15) is 36.0 Å². The molecule has 2 rings (SSSR count). The fourth-order valence-corrected chi connectivity index (χ4v) is 4.27. The van der Waals surface area contributed by atoms with Crippen LogP contribution < -0.4 is 4.72 Å². The highest BCUT2D eigenvalue weighted by atomic mass is 35.5. The van der Waals surface area contributed by atoms with E-state index in [9.17, 15) is 17.6 Å². The van der Waals surface area contributed by atoms with Gasteiger partial charge >= 0.3 is 5.97 Å². The highest BCUT2D eigenvalue weighted by molar-refractivity contribution is 7.89. The van der Waals surface area contributed by atoms with E-state index in [4.69, 9.17) is 16.7 Å². The zero-order valence-corrected chi connectivity index (χ0v) is 12.0. The SMILES string of the molecule is O=C(O)c1ccc(F)c(S(=O)(=O)NC2CCCC2)c1Cl. The fraction of sp³-hybridized carbons (Fsp3) is 0.417. The van der Waals surface area contributed by atoms with Crippen LogP contribution in [0.4, 0.5) is 4.39 Å². The van der Waals surface area contributed by atoms with Crippen molar-refractivity contribution < 1.29 is 22.7 Å². The Kier molecular flexibility index (Phi) is 4.31. The van der Waals surface area contributed by atoms with E-state index in [-0.39, 0.29) is 6.04 Å². The summed E-state index contributed by atoms with van der Waals surface area (Å²) in [6, 6.07) is 1.47. The molecule has 1 aromatic rings. The second-order valence-corrected chi connectivity index (χ2v) is 6.67. The molecule has 0 aromatic heterocycles. The second-order valence-electron chi connectivity index (χ2n) is 4.65. The van der Waals surface area contributed by atoms with Gasteiger partial charge in [0.1, 0.15) is 10.7 Å². The van der Waals surface area contributed by atoms with Gasteiger partial charge in [-0.25, -0.2) is 22.3 Å². The van der Waals surface area contributed by atoms with Gasteiger partial charge in [0.05, 0.1) is 10.6 Å². The molecule has 1 aliphatic rings. The molecular weight excluding hydrogens is 309 g/mol. The quantitative estimate of drug-likeness (QED) is 0.892. The van der Waals surface area contributed by atoms with Gasteiger partial charge < -0.3 is 5.11 Å². The molecule has 1 aliphatic carbocycles. The van der Waals surface area contributed by atoms with Crippen LogP contribution in [0.5, 0.6) is 0 Å². The van der Waals surface area contributed by atoms with Gasteiger partial charge in [-0.2, -0.15) is 0 Å².